The lowest BCUT2D eigenvalue weighted by molar-refractivity contribution is -0.148. The van der Waals surface area contributed by atoms with Gasteiger partial charge in [-0.2, -0.15) is 18.3 Å². The summed E-state index contributed by atoms with van der Waals surface area (Å²) in [6.07, 6.45) is 0.648. The summed E-state index contributed by atoms with van der Waals surface area (Å²) in [6.45, 7) is 5.13. The molecule has 14 heteroatoms. The molecule has 0 spiro atoms. The van der Waals surface area contributed by atoms with Gasteiger partial charge in [0.25, 0.3) is 0 Å². The van der Waals surface area contributed by atoms with Crippen LogP contribution in [-0.2, 0) is 11.0 Å². The number of carbonyl (C=O) groups is 1. The number of aromatic amines is 1. The summed E-state index contributed by atoms with van der Waals surface area (Å²) in [5, 5.41) is 16.8. The number of nitrogens with zero attached hydrogens (tertiary/aromatic N) is 5. The molecule has 0 aliphatic heterocycles. The Labute approximate surface area is 224 Å². The van der Waals surface area contributed by atoms with E-state index in [1.54, 1.807) is 0 Å². The van der Waals surface area contributed by atoms with E-state index < -0.39 is 29.1 Å². The third-order valence-corrected chi connectivity index (χ3v) is 6.22. The number of carboxylic acids is 1. The number of pyridine rings is 1. The Balaban J connectivity index is 1.69. The fourth-order valence-corrected chi connectivity index (χ4v) is 4.12. The van der Waals surface area contributed by atoms with Gasteiger partial charge in [-0.3, -0.25) is 4.79 Å². The van der Waals surface area contributed by atoms with Crippen LogP contribution in [0.1, 0.15) is 26.5 Å². The van der Waals surface area contributed by atoms with Gasteiger partial charge in [0.05, 0.1) is 27.7 Å². The average Bonchev–Trinajstić information content (AvgIpc) is 3.53. The van der Waals surface area contributed by atoms with E-state index in [4.69, 9.17) is 4.74 Å². The fraction of sp³-hybridized carbons (Fsp3) is 0.269. The number of fused-ring (bicyclic) bond motifs is 3. The summed E-state index contributed by atoms with van der Waals surface area (Å²) in [5.74, 6) is -1.61. The molecule has 4 aromatic heterocycles. The van der Waals surface area contributed by atoms with Gasteiger partial charge >= 0.3 is 18.2 Å². The van der Waals surface area contributed by atoms with Crippen LogP contribution in [-0.4, -0.2) is 53.9 Å². The molecule has 0 saturated carbocycles. The Morgan fingerprint density at radius 3 is 2.50 bits per heavy atom. The van der Waals surface area contributed by atoms with Gasteiger partial charge in [-0.05, 0) is 39.0 Å². The molecule has 4 heterocycles. The smallest absolute Gasteiger partial charge is 0.435 e. The van der Waals surface area contributed by atoms with E-state index in [-0.39, 0.29) is 18.3 Å². The van der Waals surface area contributed by atoms with E-state index in [0.29, 0.717) is 45.3 Å². The third-order valence-electron chi connectivity index (χ3n) is 6.22. The van der Waals surface area contributed by atoms with Crippen molar-refractivity contribution in [1.82, 2.24) is 29.7 Å². The summed E-state index contributed by atoms with van der Waals surface area (Å²) in [6, 6.07) is 3.34. The molecule has 0 amide bonds. The minimum atomic E-state index is -4.69. The highest BCUT2D eigenvalue weighted by Crippen LogP contribution is 2.39. The van der Waals surface area contributed by atoms with Crippen molar-refractivity contribution < 1.29 is 32.2 Å². The van der Waals surface area contributed by atoms with Gasteiger partial charge in [-0.1, -0.05) is 0 Å². The Kier molecular flexibility index (Phi) is 6.56. The van der Waals surface area contributed by atoms with Gasteiger partial charge in [0.15, 0.2) is 5.69 Å². The van der Waals surface area contributed by atoms with E-state index in [9.17, 15) is 27.5 Å². The van der Waals surface area contributed by atoms with Gasteiger partial charge in [0, 0.05) is 47.8 Å². The van der Waals surface area contributed by atoms with Crippen LogP contribution in [0.25, 0.3) is 38.8 Å². The second-order valence-corrected chi connectivity index (χ2v) is 9.65. The number of H-pyrrole nitrogens is 1. The van der Waals surface area contributed by atoms with Crippen LogP contribution in [0.15, 0.2) is 43.0 Å². The molecule has 3 N–H and O–H groups in total. The molecule has 10 nitrogen and oxygen atoms in total. The van der Waals surface area contributed by atoms with Crippen molar-refractivity contribution >= 4 is 33.6 Å². The summed E-state index contributed by atoms with van der Waals surface area (Å²) < 4.78 is 61.6. The van der Waals surface area contributed by atoms with E-state index >= 15 is 0 Å². The first-order valence-electron chi connectivity index (χ1n) is 12.1. The van der Waals surface area contributed by atoms with Crippen molar-refractivity contribution in [1.29, 1.82) is 0 Å². The number of rotatable bonds is 8. The molecule has 40 heavy (non-hydrogen) atoms. The maximum atomic E-state index is 14.7. The molecule has 0 unspecified atom stereocenters. The second-order valence-electron chi connectivity index (χ2n) is 9.65. The summed E-state index contributed by atoms with van der Waals surface area (Å²) in [5.41, 5.74) is -0.127. The molecule has 1 aromatic carbocycles. The van der Waals surface area contributed by atoms with Crippen LogP contribution in [0.5, 0.6) is 6.01 Å². The number of benzene rings is 1. The molecule has 5 rings (SSSR count). The molecule has 0 bridgehead atoms. The number of anilines is 1. The highest BCUT2D eigenvalue weighted by Gasteiger charge is 2.34. The molecule has 0 aliphatic rings. The summed E-state index contributed by atoms with van der Waals surface area (Å²) >= 11 is 0. The molecular weight excluding hydrogens is 534 g/mol. The highest BCUT2D eigenvalue weighted by molar-refractivity contribution is 6.15. The molecule has 5 aromatic rings. The molecule has 0 atom stereocenters. The molecule has 0 radical (unpaired) electrons. The van der Waals surface area contributed by atoms with E-state index in [1.807, 2.05) is 6.92 Å². The third kappa shape index (κ3) is 4.87. The van der Waals surface area contributed by atoms with Crippen LogP contribution in [0.2, 0.25) is 0 Å². The Hall–Kier alpha value is -4.75. The van der Waals surface area contributed by atoms with Crippen LogP contribution in [0.4, 0.5) is 23.2 Å². The largest absolute Gasteiger partial charge is 0.481 e. The number of carboxylic acid groups (broad SMARTS) is 1. The number of ether oxygens (including phenoxy) is 1. The monoisotopic (exact) mass is 557 g/mol. The maximum Gasteiger partial charge on any atom is 0.435 e. The van der Waals surface area contributed by atoms with Crippen LogP contribution in [0, 0.1) is 11.2 Å². The average molecular weight is 558 g/mol. The van der Waals surface area contributed by atoms with Crippen molar-refractivity contribution in [3.8, 4) is 22.8 Å². The SMILES string of the molecule is CCNc1cc(F)cc2c1[nH]c1ncc(-c3cnc(OCC(C)(C)C(=O)O)nc3)c(-n3ccc(C(F)(F)F)n3)c12. The highest BCUT2D eigenvalue weighted by atomic mass is 19.4. The molecule has 208 valence electrons. The van der Waals surface area contributed by atoms with E-state index in [1.165, 1.54) is 44.6 Å². The zero-order valence-electron chi connectivity index (χ0n) is 21.5. The lowest BCUT2D eigenvalue weighted by Gasteiger charge is -2.18. The first-order valence-corrected chi connectivity index (χ1v) is 12.1. The van der Waals surface area contributed by atoms with Gasteiger partial charge < -0.3 is 20.1 Å². The molecule has 0 aliphatic carbocycles. The van der Waals surface area contributed by atoms with E-state index in [0.717, 1.165) is 16.9 Å². The van der Waals surface area contributed by atoms with Crippen molar-refractivity contribution in [3.63, 3.8) is 0 Å². The van der Waals surface area contributed by atoms with Gasteiger partial charge in [-0.15, -0.1) is 0 Å². The number of alkyl halides is 3. The van der Waals surface area contributed by atoms with Crippen molar-refractivity contribution in [3.05, 3.63) is 54.5 Å². The number of nitrogens with one attached hydrogen (secondary N) is 2. The second kappa shape index (κ2) is 9.77. The first-order chi connectivity index (χ1) is 18.9. The quantitative estimate of drug-likeness (QED) is 0.215. The predicted molar refractivity (Wildman–Crippen MR) is 138 cm³/mol. The van der Waals surface area contributed by atoms with Gasteiger partial charge in [0.1, 0.15) is 18.1 Å². The lowest BCUT2D eigenvalue weighted by Crippen LogP contribution is -2.31. The minimum absolute atomic E-state index is 0.0865. The normalized spacial score (nSPS) is 12.3. The minimum Gasteiger partial charge on any atom is -0.481 e. The Morgan fingerprint density at radius 2 is 1.88 bits per heavy atom. The van der Waals surface area contributed by atoms with Crippen LogP contribution in [0.3, 0.4) is 0 Å². The van der Waals surface area contributed by atoms with Gasteiger partial charge in [0.2, 0.25) is 0 Å². The van der Waals surface area contributed by atoms with Crippen LogP contribution < -0.4 is 10.1 Å². The number of hydrogen-bond donors (Lipinski definition) is 3. The Bertz CT molecular complexity index is 1730. The zero-order chi connectivity index (χ0) is 28.8. The van der Waals surface area contributed by atoms with E-state index in [2.05, 4.69) is 30.4 Å². The zero-order valence-corrected chi connectivity index (χ0v) is 21.5. The van der Waals surface area contributed by atoms with Crippen molar-refractivity contribution in [2.75, 3.05) is 18.5 Å². The molecular formula is C26H23F4N7O3. The van der Waals surface area contributed by atoms with Gasteiger partial charge in [-0.25, -0.2) is 24.0 Å². The number of hydrogen-bond acceptors (Lipinski definition) is 7. The molecule has 0 fully saturated rings. The standard InChI is InChI=1S/C26H23F4N7O3/c1-4-31-17-8-14(27)7-15-19-21(37-6-5-18(36-37)26(28,29)30)16(11-32-22(19)35-20(15)17)13-9-33-24(34-10-13)40-12-25(2,3)23(38)39/h5-11,31H,4,12H2,1-3H3,(H,32,35)(H,38,39). The fourth-order valence-electron chi connectivity index (χ4n) is 4.12. The first kappa shape index (κ1) is 26.8. The summed E-state index contributed by atoms with van der Waals surface area (Å²) in [7, 11) is 0. The van der Waals surface area contributed by atoms with Crippen molar-refractivity contribution in [2.45, 2.75) is 26.9 Å². The molecule has 0 saturated heterocycles. The predicted octanol–water partition coefficient (Wildman–Crippen LogP) is 5.44. The lowest BCUT2D eigenvalue weighted by atomic mass is 9.95. The number of aromatic nitrogens is 6. The summed E-state index contributed by atoms with van der Waals surface area (Å²) in [4.78, 5) is 27.2. The maximum absolute atomic E-state index is 14.7. The van der Waals surface area contributed by atoms with Crippen molar-refractivity contribution in [2.24, 2.45) is 5.41 Å². The van der Waals surface area contributed by atoms with Crippen LogP contribution >= 0.6 is 0 Å². The Morgan fingerprint density at radius 1 is 1.15 bits per heavy atom. The number of halogens is 4. The number of aliphatic carboxylic acids is 1. The topological polar surface area (TPSA) is 131 Å².